The van der Waals surface area contributed by atoms with Crippen molar-refractivity contribution in [2.24, 2.45) is 0 Å². The van der Waals surface area contributed by atoms with Gasteiger partial charge in [-0.15, -0.1) is 0 Å². The van der Waals surface area contributed by atoms with Crippen LogP contribution in [0.4, 0.5) is 0 Å². The molecule has 0 atom stereocenters. The van der Waals surface area contributed by atoms with Crippen molar-refractivity contribution in [1.82, 2.24) is 0 Å². The van der Waals surface area contributed by atoms with E-state index in [4.69, 9.17) is 9.11 Å². The Morgan fingerprint density at radius 1 is 0.941 bits per heavy atom. The SMILES string of the molecule is O=S(=O)(O)C(=Cc1ccccc1)S(=O)(=O)O.[MgH2]. The molecule has 1 aromatic carbocycles. The molecule has 2 N–H and O–H groups in total. The van der Waals surface area contributed by atoms with E-state index in [0.717, 1.165) is 0 Å². The second-order valence-electron chi connectivity index (χ2n) is 2.82. The van der Waals surface area contributed by atoms with Gasteiger partial charge in [-0.25, -0.2) is 0 Å². The Labute approximate surface area is 115 Å². The zero-order valence-corrected chi connectivity index (χ0v) is 9.44. The monoisotopic (exact) mass is 290 g/mol. The molecule has 92 valence electrons. The van der Waals surface area contributed by atoms with E-state index in [2.05, 4.69) is 0 Å². The largest absolute Gasteiger partial charge is 0.316 e. The van der Waals surface area contributed by atoms with Crippen LogP contribution in [0, 0.1) is 0 Å². The highest BCUT2D eigenvalue weighted by Gasteiger charge is 2.26. The lowest BCUT2D eigenvalue weighted by Gasteiger charge is -2.00. The maximum Gasteiger partial charge on any atom is 0.316 e. The summed E-state index contributed by atoms with van der Waals surface area (Å²) in [6.45, 7) is 0. The van der Waals surface area contributed by atoms with Crippen molar-refractivity contribution >= 4 is 49.4 Å². The molecule has 0 spiro atoms. The molecular weight excluding hydrogens is 281 g/mol. The molecule has 0 aliphatic carbocycles. The maximum absolute atomic E-state index is 10.7. The third-order valence-corrected chi connectivity index (χ3v) is 4.11. The van der Waals surface area contributed by atoms with Gasteiger partial charge in [0.05, 0.1) is 0 Å². The Hall–Kier alpha value is -0.454. The van der Waals surface area contributed by atoms with Gasteiger partial charge in [-0.05, 0) is 11.6 Å². The van der Waals surface area contributed by atoms with Crippen LogP contribution in [-0.2, 0) is 20.2 Å². The van der Waals surface area contributed by atoms with Crippen molar-refractivity contribution in [1.29, 1.82) is 0 Å². The zero-order chi connectivity index (χ0) is 12.4. The zero-order valence-electron chi connectivity index (χ0n) is 7.81. The second-order valence-corrected chi connectivity index (χ2v) is 5.86. The average Bonchev–Trinajstić information content (AvgIpc) is 2.12. The smallest absolute Gasteiger partial charge is 0.281 e. The third-order valence-electron chi connectivity index (χ3n) is 1.59. The summed E-state index contributed by atoms with van der Waals surface area (Å²) < 4.78 is 58.7. The molecule has 0 amide bonds. The molecule has 0 radical (unpaired) electrons. The van der Waals surface area contributed by atoms with Gasteiger partial charge in [0, 0.05) is 0 Å². The van der Waals surface area contributed by atoms with E-state index in [9.17, 15) is 16.8 Å². The molecule has 17 heavy (non-hydrogen) atoms. The maximum atomic E-state index is 10.7. The molecule has 1 rings (SSSR count). The van der Waals surface area contributed by atoms with E-state index in [1.165, 1.54) is 24.3 Å². The first-order valence-corrected chi connectivity index (χ1v) is 6.81. The van der Waals surface area contributed by atoms with Gasteiger partial charge in [-0.3, -0.25) is 9.11 Å². The van der Waals surface area contributed by atoms with Gasteiger partial charge in [0.25, 0.3) is 0 Å². The fourth-order valence-corrected chi connectivity index (χ4v) is 2.60. The lowest BCUT2D eigenvalue weighted by molar-refractivity contribution is 0.481. The molecule has 0 bridgehead atoms. The first kappa shape index (κ1) is 16.5. The molecular formula is C8H10MgO6S2. The van der Waals surface area contributed by atoms with E-state index in [0.29, 0.717) is 6.08 Å². The average molecular weight is 291 g/mol. The van der Waals surface area contributed by atoms with Gasteiger partial charge in [0.1, 0.15) is 0 Å². The molecule has 0 saturated heterocycles. The van der Waals surface area contributed by atoms with Gasteiger partial charge in [-0.2, -0.15) is 16.8 Å². The molecule has 0 aliphatic heterocycles. The van der Waals surface area contributed by atoms with Crippen LogP contribution in [0.2, 0.25) is 0 Å². The lowest BCUT2D eigenvalue weighted by atomic mass is 10.2. The first-order valence-electron chi connectivity index (χ1n) is 3.93. The van der Waals surface area contributed by atoms with Crippen LogP contribution in [0.15, 0.2) is 34.6 Å². The van der Waals surface area contributed by atoms with Gasteiger partial charge in [-0.1, -0.05) is 30.3 Å². The second kappa shape index (κ2) is 5.93. The van der Waals surface area contributed by atoms with Crippen LogP contribution in [0.5, 0.6) is 0 Å². The normalized spacial score (nSPS) is 11.4. The standard InChI is InChI=1S/C8H8O6S2.Mg.2H/c9-15(10,11)8(16(12,13)14)6-7-4-2-1-3-5-7;;;/h1-6H,(H,9,10,11)(H,12,13,14);;;. The van der Waals surface area contributed by atoms with Crippen LogP contribution >= 0.6 is 0 Å². The van der Waals surface area contributed by atoms with E-state index < -0.39 is 24.5 Å². The van der Waals surface area contributed by atoms with Crippen LogP contribution in [-0.4, -0.2) is 49.0 Å². The molecule has 9 heteroatoms. The van der Waals surface area contributed by atoms with Crippen LogP contribution < -0.4 is 0 Å². The highest BCUT2D eigenvalue weighted by Crippen LogP contribution is 2.16. The summed E-state index contributed by atoms with van der Waals surface area (Å²) in [5.41, 5.74) is 0.216. The predicted molar refractivity (Wildman–Crippen MR) is 66.1 cm³/mol. The summed E-state index contributed by atoms with van der Waals surface area (Å²) in [4.78, 5) is 0. The van der Waals surface area contributed by atoms with Crippen molar-refractivity contribution in [2.75, 3.05) is 0 Å². The topological polar surface area (TPSA) is 109 Å². The Balaban J connectivity index is 0.00000256. The highest BCUT2D eigenvalue weighted by molar-refractivity contribution is 8.09. The molecule has 0 aliphatic rings. The summed E-state index contributed by atoms with van der Waals surface area (Å²) in [6, 6.07) is 7.54. The predicted octanol–water partition coefficient (Wildman–Crippen LogP) is -0.156. The molecule has 0 unspecified atom stereocenters. The van der Waals surface area contributed by atoms with Crippen molar-refractivity contribution in [3.05, 3.63) is 40.1 Å². The van der Waals surface area contributed by atoms with E-state index in [1.54, 1.807) is 6.07 Å². The van der Waals surface area contributed by atoms with Crippen LogP contribution in [0.3, 0.4) is 0 Å². The Morgan fingerprint density at radius 2 is 1.35 bits per heavy atom. The van der Waals surface area contributed by atoms with E-state index in [-0.39, 0.29) is 28.6 Å². The highest BCUT2D eigenvalue weighted by atomic mass is 32.3. The van der Waals surface area contributed by atoms with Gasteiger partial charge in [0.15, 0.2) is 0 Å². The quantitative estimate of drug-likeness (QED) is 0.591. The molecule has 1 aromatic rings. The minimum Gasteiger partial charge on any atom is -0.281 e. The number of hydrogen-bond donors (Lipinski definition) is 2. The minimum atomic E-state index is -5.00. The first-order chi connectivity index (χ1) is 7.21. The van der Waals surface area contributed by atoms with Crippen molar-refractivity contribution in [3.8, 4) is 0 Å². The third kappa shape index (κ3) is 5.15. The van der Waals surface area contributed by atoms with E-state index in [1.807, 2.05) is 0 Å². The molecule has 6 nitrogen and oxygen atoms in total. The van der Waals surface area contributed by atoms with E-state index >= 15 is 0 Å². The summed E-state index contributed by atoms with van der Waals surface area (Å²) in [5.74, 6) is 0. The fraction of sp³-hybridized carbons (Fsp3) is 0. The number of rotatable bonds is 3. The molecule has 0 fully saturated rings. The molecule has 0 saturated carbocycles. The van der Waals surface area contributed by atoms with Crippen molar-refractivity contribution in [2.45, 2.75) is 0 Å². The molecule has 0 heterocycles. The summed E-state index contributed by atoms with van der Waals surface area (Å²) in [6.07, 6.45) is 0.657. The van der Waals surface area contributed by atoms with Gasteiger partial charge >= 0.3 is 43.3 Å². The van der Waals surface area contributed by atoms with Crippen LogP contribution in [0.25, 0.3) is 6.08 Å². The van der Waals surface area contributed by atoms with Gasteiger partial charge < -0.3 is 0 Å². The Bertz CT molecular complexity index is 569. The summed E-state index contributed by atoms with van der Waals surface area (Å²) in [5, 5.41) is 0. The summed E-state index contributed by atoms with van der Waals surface area (Å²) >= 11 is 0. The number of hydrogen-bond acceptors (Lipinski definition) is 4. The summed E-state index contributed by atoms with van der Waals surface area (Å²) in [7, 11) is -10.00. The number of benzene rings is 1. The van der Waals surface area contributed by atoms with Crippen molar-refractivity contribution in [3.63, 3.8) is 0 Å². The van der Waals surface area contributed by atoms with Crippen molar-refractivity contribution < 1.29 is 25.9 Å². The molecule has 0 aromatic heterocycles. The van der Waals surface area contributed by atoms with Crippen LogP contribution in [0.1, 0.15) is 5.56 Å². The lowest BCUT2D eigenvalue weighted by Crippen LogP contribution is -2.12. The Kier molecular flexibility index (Phi) is 5.77. The minimum absolute atomic E-state index is 0. The van der Waals surface area contributed by atoms with Gasteiger partial charge in [0.2, 0.25) is 4.24 Å². The Morgan fingerprint density at radius 3 is 1.71 bits per heavy atom. The fourth-order valence-electron chi connectivity index (χ4n) is 0.967.